The monoisotopic (exact) mass is 361 g/mol. The van der Waals surface area contributed by atoms with Crippen LogP contribution in [0.15, 0.2) is 18.2 Å². The van der Waals surface area contributed by atoms with Crippen LogP contribution in [0.5, 0.6) is 0 Å². The van der Waals surface area contributed by atoms with Crippen molar-refractivity contribution in [3.63, 3.8) is 0 Å². The van der Waals surface area contributed by atoms with E-state index in [0.29, 0.717) is 15.4 Å². The van der Waals surface area contributed by atoms with Gasteiger partial charge < -0.3 is 4.57 Å². The maximum atomic E-state index is 6.06. The first kappa shape index (κ1) is 14.8. The van der Waals surface area contributed by atoms with Gasteiger partial charge in [0.2, 0.25) is 0 Å². The van der Waals surface area contributed by atoms with Crippen LogP contribution in [0.3, 0.4) is 0 Å². The lowest BCUT2D eigenvalue weighted by atomic mass is 10.1. The van der Waals surface area contributed by atoms with E-state index in [4.69, 9.17) is 23.2 Å². The first-order valence-corrected chi connectivity index (χ1v) is 7.68. The standard InChI is InChI=1S/C13H14BrCl2N3/c1-13(2,3)19-11(7-14)17-18-12(19)8-4-9(15)6-10(16)5-8/h4-6H,7H2,1-3H3. The zero-order valence-electron chi connectivity index (χ0n) is 10.9. The second-order valence-corrected chi connectivity index (χ2v) is 6.67. The Hall–Kier alpha value is -0.580. The Morgan fingerprint density at radius 2 is 1.68 bits per heavy atom. The van der Waals surface area contributed by atoms with Gasteiger partial charge >= 0.3 is 0 Å². The molecule has 0 radical (unpaired) electrons. The maximum Gasteiger partial charge on any atom is 0.164 e. The molecule has 0 fully saturated rings. The molecule has 0 amide bonds. The van der Waals surface area contributed by atoms with Gasteiger partial charge in [0.25, 0.3) is 0 Å². The summed E-state index contributed by atoms with van der Waals surface area (Å²) in [7, 11) is 0. The molecule has 3 nitrogen and oxygen atoms in total. The fraction of sp³-hybridized carbons (Fsp3) is 0.385. The normalized spacial score (nSPS) is 11.9. The van der Waals surface area contributed by atoms with Crippen molar-refractivity contribution in [1.82, 2.24) is 14.8 Å². The first-order valence-electron chi connectivity index (χ1n) is 5.80. The lowest BCUT2D eigenvalue weighted by molar-refractivity contribution is 0.391. The summed E-state index contributed by atoms with van der Waals surface area (Å²) in [6, 6.07) is 5.39. The summed E-state index contributed by atoms with van der Waals surface area (Å²) in [5.41, 5.74) is 0.739. The number of hydrogen-bond acceptors (Lipinski definition) is 2. The minimum absolute atomic E-state index is 0.128. The highest BCUT2D eigenvalue weighted by Crippen LogP contribution is 2.30. The lowest BCUT2D eigenvalue weighted by Gasteiger charge is -2.24. The van der Waals surface area contributed by atoms with E-state index in [0.717, 1.165) is 17.2 Å². The quantitative estimate of drug-likeness (QED) is 0.711. The van der Waals surface area contributed by atoms with E-state index >= 15 is 0 Å². The summed E-state index contributed by atoms with van der Waals surface area (Å²) in [5, 5.41) is 10.3. The minimum atomic E-state index is -0.128. The summed E-state index contributed by atoms with van der Waals surface area (Å²) in [4.78, 5) is 0. The van der Waals surface area contributed by atoms with E-state index in [-0.39, 0.29) is 5.54 Å². The molecule has 0 unspecified atom stereocenters. The molecule has 0 aliphatic rings. The third-order valence-corrected chi connectivity index (χ3v) is 3.58. The third kappa shape index (κ3) is 3.12. The highest BCUT2D eigenvalue weighted by Gasteiger charge is 2.23. The maximum absolute atomic E-state index is 6.06. The molecule has 0 saturated carbocycles. The number of halogens is 3. The van der Waals surface area contributed by atoms with Gasteiger partial charge in [-0.3, -0.25) is 0 Å². The Kier molecular flexibility index (Phi) is 4.23. The van der Waals surface area contributed by atoms with Gasteiger partial charge in [0.05, 0.1) is 5.33 Å². The Morgan fingerprint density at radius 3 is 2.16 bits per heavy atom. The van der Waals surface area contributed by atoms with Gasteiger partial charge in [-0.25, -0.2) is 0 Å². The minimum Gasteiger partial charge on any atom is -0.305 e. The van der Waals surface area contributed by atoms with E-state index in [1.165, 1.54) is 0 Å². The van der Waals surface area contributed by atoms with Gasteiger partial charge in [-0.15, -0.1) is 10.2 Å². The Morgan fingerprint density at radius 1 is 1.11 bits per heavy atom. The predicted octanol–water partition coefficient (Wildman–Crippen LogP) is 4.90. The van der Waals surface area contributed by atoms with Crippen LogP contribution in [-0.2, 0) is 10.9 Å². The van der Waals surface area contributed by atoms with Crippen LogP contribution in [0.1, 0.15) is 26.6 Å². The molecule has 0 bridgehead atoms. The Balaban J connectivity index is 2.66. The Bertz CT molecular complexity index is 582. The molecule has 2 rings (SSSR count). The molecule has 0 aliphatic carbocycles. The smallest absolute Gasteiger partial charge is 0.164 e. The largest absolute Gasteiger partial charge is 0.305 e. The molecule has 0 N–H and O–H groups in total. The average molecular weight is 363 g/mol. The van der Waals surface area contributed by atoms with Crippen molar-refractivity contribution in [2.75, 3.05) is 0 Å². The zero-order chi connectivity index (χ0) is 14.2. The summed E-state index contributed by atoms with van der Waals surface area (Å²) in [6.07, 6.45) is 0. The van der Waals surface area contributed by atoms with Crippen LogP contribution < -0.4 is 0 Å². The molecule has 2 aromatic rings. The molecular weight excluding hydrogens is 349 g/mol. The van der Waals surface area contributed by atoms with Crippen LogP contribution in [0, 0.1) is 0 Å². The lowest BCUT2D eigenvalue weighted by Crippen LogP contribution is -2.24. The van der Waals surface area contributed by atoms with Crippen molar-refractivity contribution < 1.29 is 0 Å². The number of hydrogen-bond donors (Lipinski definition) is 0. The van der Waals surface area contributed by atoms with Crippen molar-refractivity contribution in [2.24, 2.45) is 0 Å². The molecule has 0 atom stereocenters. The summed E-state index contributed by atoms with van der Waals surface area (Å²) in [6.45, 7) is 6.33. The highest BCUT2D eigenvalue weighted by atomic mass is 79.9. The Labute approximate surface area is 131 Å². The van der Waals surface area contributed by atoms with Crippen LogP contribution >= 0.6 is 39.1 Å². The van der Waals surface area contributed by atoms with Crippen LogP contribution in [0.4, 0.5) is 0 Å². The van der Waals surface area contributed by atoms with Gasteiger partial charge in [0.1, 0.15) is 5.82 Å². The van der Waals surface area contributed by atoms with Crippen LogP contribution in [-0.4, -0.2) is 14.8 Å². The van der Waals surface area contributed by atoms with Crippen molar-refractivity contribution in [1.29, 1.82) is 0 Å². The van der Waals surface area contributed by atoms with E-state index in [2.05, 4.69) is 51.5 Å². The van der Waals surface area contributed by atoms with Crippen molar-refractivity contribution in [3.8, 4) is 11.4 Å². The summed E-state index contributed by atoms with van der Waals surface area (Å²) < 4.78 is 2.09. The van der Waals surface area contributed by atoms with Crippen molar-refractivity contribution in [2.45, 2.75) is 31.6 Å². The third-order valence-electron chi connectivity index (χ3n) is 2.64. The molecule has 0 saturated heterocycles. The highest BCUT2D eigenvalue weighted by molar-refractivity contribution is 9.08. The van der Waals surface area contributed by atoms with Gasteiger partial charge in [0.15, 0.2) is 5.82 Å². The molecule has 0 spiro atoms. The fourth-order valence-corrected chi connectivity index (χ4v) is 2.87. The second-order valence-electron chi connectivity index (χ2n) is 5.24. The van der Waals surface area contributed by atoms with Crippen LogP contribution in [0.2, 0.25) is 10.0 Å². The number of benzene rings is 1. The SMILES string of the molecule is CC(C)(C)n1c(CBr)nnc1-c1cc(Cl)cc(Cl)c1. The number of aromatic nitrogens is 3. The number of nitrogens with zero attached hydrogens (tertiary/aromatic N) is 3. The zero-order valence-corrected chi connectivity index (χ0v) is 14.0. The molecule has 1 aromatic carbocycles. The molecular formula is C13H14BrCl2N3. The topological polar surface area (TPSA) is 30.7 Å². The summed E-state index contributed by atoms with van der Waals surface area (Å²) >= 11 is 15.6. The van der Waals surface area contributed by atoms with Crippen molar-refractivity contribution in [3.05, 3.63) is 34.1 Å². The predicted molar refractivity (Wildman–Crippen MR) is 83.1 cm³/mol. The van der Waals surface area contributed by atoms with E-state index in [1.54, 1.807) is 6.07 Å². The number of alkyl halides is 1. The van der Waals surface area contributed by atoms with E-state index in [1.807, 2.05) is 12.1 Å². The fourth-order valence-electron chi connectivity index (χ4n) is 1.98. The molecule has 102 valence electrons. The van der Waals surface area contributed by atoms with Crippen LogP contribution in [0.25, 0.3) is 11.4 Å². The first-order chi connectivity index (χ1) is 8.82. The molecule has 1 aromatic heterocycles. The number of rotatable bonds is 2. The van der Waals surface area contributed by atoms with E-state index in [9.17, 15) is 0 Å². The van der Waals surface area contributed by atoms with Gasteiger partial charge in [-0.1, -0.05) is 39.1 Å². The van der Waals surface area contributed by atoms with Gasteiger partial charge in [-0.2, -0.15) is 0 Å². The average Bonchev–Trinajstić information content (AvgIpc) is 2.70. The molecule has 1 heterocycles. The van der Waals surface area contributed by atoms with Crippen molar-refractivity contribution >= 4 is 39.1 Å². The molecule has 19 heavy (non-hydrogen) atoms. The second kappa shape index (κ2) is 5.43. The van der Waals surface area contributed by atoms with Gasteiger partial charge in [-0.05, 0) is 39.0 Å². The molecule has 0 aliphatic heterocycles. The van der Waals surface area contributed by atoms with E-state index < -0.39 is 0 Å². The van der Waals surface area contributed by atoms with Gasteiger partial charge in [0, 0.05) is 21.1 Å². The summed E-state index contributed by atoms with van der Waals surface area (Å²) in [5.74, 6) is 1.64. The molecule has 6 heteroatoms.